The average Bonchev–Trinajstić information content (AvgIpc) is 2.68. The van der Waals surface area contributed by atoms with Crippen LogP contribution in [-0.4, -0.2) is 32.8 Å². The van der Waals surface area contributed by atoms with E-state index in [1.54, 1.807) is 0 Å². The zero-order valence-electron chi connectivity index (χ0n) is 8.87. The standard InChI is InChI=1S/C11H18N2OS/c12-6-11(8-14-9-11)7-13-4-3-10-2-1-5-15-10/h1-2,5,13H,3-4,6-9,12H2. The van der Waals surface area contributed by atoms with Gasteiger partial charge in [-0.15, -0.1) is 11.3 Å². The summed E-state index contributed by atoms with van der Waals surface area (Å²) in [6.07, 6.45) is 1.11. The molecule has 0 radical (unpaired) electrons. The maximum Gasteiger partial charge on any atom is 0.0569 e. The van der Waals surface area contributed by atoms with E-state index in [4.69, 9.17) is 10.5 Å². The SMILES string of the molecule is NCC1(CNCCc2cccs2)COC1. The fourth-order valence-electron chi connectivity index (χ4n) is 1.70. The molecule has 0 aromatic carbocycles. The molecule has 0 aliphatic carbocycles. The van der Waals surface area contributed by atoms with Crippen molar-refractivity contribution in [2.75, 3.05) is 32.8 Å². The molecular weight excluding hydrogens is 208 g/mol. The lowest BCUT2D eigenvalue weighted by Gasteiger charge is -2.40. The van der Waals surface area contributed by atoms with Crippen molar-refractivity contribution < 1.29 is 4.74 Å². The Morgan fingerprint density at radius 2 is 2.40 bits per heavy atom. The van der Waals surface area contributed by atoms with Crippen molar-refractivity contribution >= 4 is 11.3 Å². The van der Waals surface area contributed by atoms with E-state index in [0.29, 0.717) is 0 Å². The number of nitrogens with one attached hydrogen (secondary N) is 1. The van der Waals surface area contributed by atoms with E-state index in [1.807, 2.05) is 11.3 Å². The zero-order valence-corrected chi connectivity index (χ0v) is 9.69. The van der Waals surface area contributed by atoms with E-state index >= 15 is 0 Å². The van der Waals surface area contributed by atoms with E-state index in [-0.39, 0.29) is 5.41 Å². The van der Waals surface area contributed by atoms with E-state index in [0.717, 1.165) is 39.3 Å². The van der Waals surface area contributed by atoms with Gasteiger partial charge in [-0.25, -0.2) is 0 Å². The van der Waals surface area contributed by atoms with Crippen LogP contribution in [0.5, 0.6) is 0 Å². The first-order valence-electron chi connectivity index (χ1n) is 5.36. The molecule has 0 saturated carbocycles. The first-order valence-corrected chi connectivity index (χ1v) is 6.24. The molecule has 3 nitrogen and oxygen atoms in total. The van der Waals surface area contributed by atoms with Crippen LogP contribution in [0.4, 0.5) is 0 Å². The fourth-order valence-corrected chi connectivity index (χ4v) is 2.41. The van der Waals surface area contributed by atoms with Crippen molar-refractivity contribution in [2.45, 2.75) is 6.42 Å². The molecule has 1 aliphatic heterocycles. The molecule has 1 aromatic rings. The van der Waals surface area contributed by atoms with Crippen LogP contribution in [0.3, 0.4) is 0 Å². The van der Waals surface area contributed by atoms with Gasteiger partial charge >= 0.3 is 0 Å². The van der Waals surface area contributed by atoms with Gasteiger partial charge in [0.25, 0.3) is 0 Å². The van der Waals surface area contributed by atoms with Crippen LogP contribution >= 0.6 is 11.3 Å². The van der Waals surface area contributed by atoms with E-state index < -0.39 is 0 Å². The molecule has 1 aromatic heterocycles. The molecule has 0 amide bonds. The third-order valence-corrected chi connectivity index (χ3v) is 3.81. The van der Waals surface area contributed by atoms with Gasteiger partial charge in [0, 0.05) is 23.4 Å². The Kier molecular flexibility index (Phi) is 3.75. The van der Waals surface area contributed by atoms with Crippen molar-refractivity contribution in [3.63, 3.8) is 0 Å². The largest absolute Gasteiger partial charge is 0.380 e. The molecule has 0 atom stereocenters. The number of rotatable bonds is 6. The van der Waals surface area contributed by atoms with Gasteiger partial charge in [0.05, 0.1) is 13.2 Å². The summed E-state index contributed by atoms with van der Waals surface area (Å²) < 4.78 is 5.21. The molecular formula is C11H18N2OS. The van der Waals surface area contributed by atoms with Crippen LogP contribution in [0.1, 0.15) is 4.88 Å². The minimum atomic E-state index is 0.218. The minimum Gasteiger partial charge on any atom is -0.380 e. The zero-order chi connectivity index (χ0) is 10.6. The van der Waals surface area contributed by atoms with Crippen molar-refractivity contribution in [1.29, 1.82) is 0 Å². The quantitative estimate of drug-likeness (QED) is 0.707. The second kappa shape index (κ2) is 5.07. The number of ether oxygens (including phenoxy) is 1. The van der Waals surface area contributed by atoms with Gasteiger partial charge in [-0.3, -0.25) is 0 Å². The highest BCUT2D eigenvalue weighted by molar-refractivity contribution is 7.09. The Hall–Kier alpha value is -0.420. The highest BCUT2D eigenvalue weighted by atomic mass is 32.1. The molecule has 4 heteroatoms. The Bertz CT molecular complexity index is 277. The fraction of sp³-hybridized carbons (Fsp3) is 0.636. The van der Waals surface area contributed by atoms with Gasteiger partial charge < -0.3 is 15.8 Å². The smallest absolute Gasteiger partial charge is 0.0569 e. The lowest BCUT2D eigenvalue weighted by molar-refractivity contribution is -0.104. The monoisotopic (exact) mass is 226 g/mol. The summed E-state index contributed by atoms with van der Waals surface area (Å²) in [5.41, 5.74) is 5.95. The topological polar surface area (TPSA) is 47.3 Å². The number of hydrogen-bond acceptors (Lipinski definition) is 4. The Morgan fingerprint density at radius 3 is 2.93 bits per heavy atom. The molecule has 2 heterocycles. The van der Waals surface area contributed by atoms with Gasteiger partial charge in [-0.2, -0.15) is 0 Å². The summed E-state index contributed by atoms with van der Waals surface area (Å²) in [7, 11) is 0. The normalized spacial score (nSPS) is 18.7. The third kappa shape index (κ3) is 2.78. The van der Waals surface area contributed by atoms with Crippen molar-refractivity contribution in [1.82, 2.24) is 5.32 Å². The van der Waals surface area contributed by atoms with Crippen molar-refractivity contribution in [3.05, 3.63) is 22.4 Å². The van der Waals surface area contributed by atoms with Crippen molar-refractivity contribution in [2.24, 2.45) is 11.1 Å². The van der Waals surface area contributed by atoms with Gasteiger partial charge in [-0.1, -0.05) is 6.07 Å². The highest BCUT2D eigenvalue weighted by Gasteiger charge is 2.36. The van der Waals surface area contributed by atoms with Crippen molar-refractivity contribution in [3.8, 4) is 0 Å². The summed E-state index contributed by atoms with van der Waals surface area (Å²) in [5, 5.41) is 5.59. The highest BCUT2D eigenvalue weighted by Crippen LogP contribution is 2.24. The first-order chi connectivity index (χ1) is 7.35. The molecule has 0 bridgehead atoms. The molecule has 2 rings (SSSR count). The Labute approximate surface area is 94.6 Å². The molecule has 15 heavy (non-hydrogen) atoms. The predicted molar refractivity (Wildman–Crippen MR) is 63.2 cm³/mol. The van der Waals surface area contributed by atoms with E-state index in [9.17, 15) is 0 Å². The first kappa shape index (κ1) is 11.1. The second-order valence-corrected chi connectivity index (χ2v) is 5.24. The second-order valence-electron chi connectivity index (χ2n) is 4.20. The Morgan fingerprint density at radius 1 is 1.53 bits per heavy atom. The van der Waals surface area contributed by atoms with Crippen LogP contribution in [0.15, 0.2) is 17.5 Å². The Balaban J connectivity index is 1.62. The summed E-state index contributed by atoms with van der Waals surface area (Å²) in [6, 6.07) is 4.28. The molecule has 3 N–H and O–H groups in total. The average molecular weight is 226 g/mol. The number of nitrogens with two attached hydrogens (primary N) is 1. The van der Waals surface area contributed by atoms with Gasteiger partial charge in [0.1, 0.15) is 0 Å². The van der Waals surface area contributed by atoms with Gasteiger partial charge in [0.15, 0.2) is 0 Å². The number of hydrogen-bond donors (Lipinski definition) is 2. The van der Waals surface area contributed by atoms with Crippen LogP contribution < -0.4 is 11.1 Å². The minimum absolute atomic E-state index is 0.218. The summed E-state index contributed by atoms with van der Waals surface area (Å²) in [5.74, 6) is 0. The lowest BCUT2D eigenvalue weighted by atomic mass is 9.86. The van der Waals surface area contributed by atoms with E-state index in [2.05, 4.69) is 22.8 Å². The predicted octanol–water partition coefficient (Wildman–Crippen LogP) is 0.855. The molecule has 0 unspecified atom stereocenters. The van der Waals surface area contributed by atoms with Gasteiger partial charge in [-0.05, 0) is 24.4 Å². The van der Waals surface area contributed by atoms with Gasteiger partial charge in [0.2, 0.25) is 0 Å². The van der Waals surface area contributed by atoms with Crippen LogP contribution in [0.25, 0.3) is 0 Å². The summed E-state index contributed by atoms with van der Waals surface area (Å²) >= 11 is 1.82. The van der Waals surface area contributed by atoms with Crippen LogP contribution in [0.2, 0.25) is 0 Å². The summed E-state index contributed by atoms with van der Waals surface area (Å²) in [4.78, 5) is 1.44. The van der Waals surface area contributed by atoms with Crippen LogP contribution in [-0.2, 0) is 11.2 Å². The lowest BCUT2D eigenvalue weighted by Crippen LogP contribution is -2.54. The molecule has 0 spiro atoms. The molecule has 1 saturated heterocycles. The maximum absolute atomic E-state index is 5.73. The molecule has 1 fully saturated rings. The maximum atomic E-state index is 5.73. The molecule has 1 aliphatic rings. The van der Waals surface area contributed by atoms with Crippen LogP contribution in [0, 0.1) is 5.41 Å². The number of thiophene rings is 1. The molecule has 84 valence electrons. The van der Waals surface area contributed by atoms with E-state index in [1.165, 1.54) is 4.88 Å². The summed E-state index contributed by atoms with van der Waals surface area (Å²) in [6.45, 7) is 4.36. The third-order valence-electron chi connectivity index (χ3n) is 2.88.